The molecule has 0 amide bonds. The van der Waals surface area contributed by atoms with Crippen molar-refractivity contribution in [3.8, 4) is 11.4 Å². The van der Waals surface area contributed by atoms with Gasteiger partial charge in [-0.3, -0.25) is 0 Å². The van der Waals surface area contributed by atoms with Crippen LogP contribution in [-0.2, 0) is 5.75 Å². The Hall–Kier alpha value is -2.50. The van der Waals surface area contributed by atoms with E-state index in [1.54, 1.807) is 11.8 Å². The van der Waals surface area contributed by atoms with Gasteiger partial charge in [-0.25, -0.2) is 4.68 Å². The monoisotopic (exact) mass is 366 g/mol. The molecular weight excluding hydrogens is 352 g/mol. The van der Waals surface area contributed by atoms with Gasteiger partial charge in [-0.2, -0.15) is 0 Å². The Morgan fingerprint density at radius 1 is 0.920 bits per heavy atom. The highest BCUT2D eigenvalue weighted by molar-refractivity contribution is 7.98. The van der Waals surface area contributed by atoms with Crippen molar-refractivity contribution >= 4 is 34.1 Å². The lowest BCUT2D eigenvalue weighted by Gasteiger charge is -2.05. The van der Waals surface area contributed by atoms with Gasteiger partial charge in [0.1, 0.15) is 0 Å². The second kappa shape index (κ2) is 6.78. The van der Waals surface area contributed by atoms with Crippen LogP contribution in [-0.4, -0.2) is 14.9 Å². The van der Waals surface area contributed by atoms with Crippen molar-refractivity contribution in [2.24, 2.45) is 0 Å². The Balaban J connectivity index is 1.53. The normalized spacial score (nSPS) is 11.1. The lowest BCUT2D eigenvalue weighted by molar-refractivity contribution is 0.849. The van der Waals surface area contributed by atoms with Gasteiger partial charge < -0.3 is 5.84 Å². The van der Waals surface area contributed by atoms with Crippen LogP contribution in [0.5, 0.6) is 0 Å². The fourth-order valence-electron chi connectivity index (χ4n) is 2.65. The minimum absolute atomic E-state index is 0.623. The molecule has 0 aliphatic rings. The first-order chi connectivity index (χ1) is 12.2. The molecule has 0 radical (unpaired) electrons. The quantitative estimate of drug-likeness (QED) is 0.418. The zero-order valence-corrected chi connectivity index (χ0v) is 14.8. The third-order valence-electron chi connectivity index (χ3n) is 3.95. The minimum atomic E-state index is 0.623. The van der Waals surface area contributed by atoms with E-state index >= 15 is 0 Å². The molecule has 0 spiro atoms. The van der Waals surface area contributed by atoms with Gasteiger partial charge >= 0.3 is 0 Å². The highest BCUT2D eigenvalue weighted by Gasteiger charge is 2.12. The number of hydrogen-bond donors (Lipinski definition) is 1. The molecule has 0 saturated carbocycles. The Morgan fingerprint density at radius 2 is 1.68 bits per heavy atom. The number of rotatable bonds is 4. The summed E-state index contributed by atoms with van der Waals surface area (Å²) in [5.74, 6) is 7.57. The average Bonchev–Trinajstić information content (AvgIpc) is 3.01. The van der Waals surface area contributed by atoms with Gasteiger partial charge in [-0.05, 0) is 40.6 Å². The van der Waals surface area contributed by atoms with Gasteiger partial charge in [-0.1, -0.05) is 65.8 Å². The minimum Gasteiger partial charge on any atom is -0.335 e. The molecule has 0 saturated heterocycles. The van der Waals surface area contributed by atoms with E-state index in [9.17, 15) is 0 Å². The van der Waals surface area contributed by atoms with Crippen LogP contribution in [0.4, 0.5) is 0 Å². The highest BCUT2D eigenvalue weighted by Crippen LogP contribution is 2.26. The van der Waals surface area contributed by atoms with Crippen molar-refractivity contribution in [2.45, 2.75) is 10.9 Å². The third-order valence-corrected chi connectivity index (χ3v) is 5.21. The number of nitrogen functional groups attached to an aromatic ring is 1. The number of hydrogen-bond acceptors (Lipinski definition) is 4. The van der Waals surface area contributed by atoms with E-state index in [0.29, 0.717) is 16.0 Å². The maximum Gasteiger partial charge on any atom is 0.210 e. The Kier molecular flexibility index (Phi) is 4.34. The average molecular weight is 367 g/mol. The summed E-state index contributed by atoms with van der Waals surface area (Å²) >= 11 is 7.49. The van der Waals surface area contributed by atoms with Crippen molar-refractivity contribution in [2.75, 3.05) is 5.84 Å². The van der Waals surface area contributed by atoms with E-state index in [4.69, 9.17) is 17.4 Å². The largest absolute Gasteiger partial charge is 0.335 e. The Morgan fingerprint density at radius 3 is 2.48 bits per heavy atom. The number of aromatic nitrogens is 3. The molecule has 0 atom stereocenters. The van der Waals surface area contributed by atoms with Gasteiger partial charge in [0.2, 0.25) is 5.16 Å². The summed E-state index contributed by atoms with van der Waals surface area (Å²) in [6.07, 6.45) is 0. The van der Waals surface area contributed by atoms with E-state index in [1.807, 2.05) is 36.4 Å². The first kappa shape index (κ1) is 16.0. The van der Waals surface area contributed by atoms with Crippen LogP contribution in [0, 0.1) is 0 Å². The molecular formula is C19H15ClN4S. The summed E-state index contributed by atoms with van der Waals surface area (Å²) in [5, 5.41) is 12.2. The molecule has 0 unspecified atom stereocenters. The number of thioether (sulfide) groups is 1. The van der Waals surface area contributed by atoms with Crippen molar-refractivity contribution in [1.82, 2.24) is 14.9 Å². The number of nitrogens with zero attached hydrogens (tertiary/aromatic N) is 3. The Labute approximate surface area is 154 Å². The Bertz CT molecular complexity index is 1030. The predicted octanol–water partition coefficient (Wildman–Crippen LogP) is 4.76. The molecule has 2 N–H and O–H groups in total. The molecule has 4 rings (SSSR count). The molecule has 4 nitrogen and oxygen atoms in total. The van der Waals surface area contributed by atoms with Crippen LogP contribution >= 0.6 is 23.4 Å². The van der Waals surface area contributed by atoms with Gasteiger partial charge in [0.25, 0.3) is 0 Å². The van der Waals surface area contributed by atoms with Crippen LogP contribution in [0.1, 0.15) is 5.56 Å². The number of benzene rings is 3. The SMILES string of the molecule is Nn1c(SCc2ccc3ccccc3c2)nnc1-c1ccc(Cl)cc1. The van der Waals surface area contributed by atoms with Crippen LogP contribution in [0.3, 0.4) is 0 Å². The maximum atomic E-state index is 6.17. The summed E-state index contributed by atoms with van der Waals surface area (Å²) in [6.45, 7) is 0. The fourth-order valence-corrected chi connectivity index (χ4v) is 3.57. The molecule has 4 aromatic rings. The highest BCUT2D eigenvalue weighted by atomic mass is 35.5. The molecule has 1 heterocycles. The predicted molar refractivity (Wildman–Crippen MR) is 104 cm³/mol. The molecule has 3 aromatic carbocycles. The van der Waals surface area contributed by atoms with Gasteiger partial charge in [0.15, 0.2) is 5.82 Å². The number of halogens is 1. The molecule has 6 heteroatoms. The first-order valence-corrected chi connectivity index (χ1v) is 9.14. The first-order valence-electron chi connectivity index (χ1n) is 7.77. The molecule has 124 valence electrons. The smallest absolute Gasteiger partial charge is 0.210 e. The van der Waals surface area contributed by atoms with Crippen LogP contribution in [0.2, 0.25) is 5.02 Å². The second-order valence-electron chi connectivity index (χ2n) is 5.65. The van der Waals surface area contributed by atoms with E-state index in [1.165, 1.54) is 21.0 Å². The van der Waals surface area contributed by atoms with Gasteiger partial charge in [0, 0.05) is 16.3 Å². The van der Waals surface area contributed by atoms with Gasteiger partial charge in [-0.15, -0.1) is 10.2 Å². The van der Waals surface area contributed by atoms with Crippen LogP contribution in [0.25, 0.3) is 22.2 Å². The van der Waals surface area contributed by atoms with E-state index in [0.717, 1.165) is 11.3 Å². The molecule has 25 heavy (non-hydrogen) atoms. The molecule has 0 fully saturated rings. The molecule has 0 aliphatic carbocycles. The van der Waals surface area contributed by atoms with Crippen molar-refractivity contribution in [3.05, 3.63) is 77.3 Å². The summed E-state index contributed by atoms with van der Waals surface area (Å²) in [4.78, 5) is 0. The maximum absolute atomic E-state index is 6.17. The summed E-state index contributed by atoms with van der Waals surface area (Å²) in [7, 11) is 0. The lowest BCUT2D eigenvalue weighted by atomic mass is 10.1. The topological polar surface area (TPSA) is 56.7 Å². The van der Waals surface area contributed by atoms with E-state index in [2.05, 4.69) is 40.5 Å². The molecule has 0 bridgehead atoms. The molecule has 0 aliphatic heterocycles. The molecule has 1 aromatic heterocycles. The van der Waals surface area contributed by atoms with Crippen LogP contribution in [0.15, 0.2) is 71.9 Å². The zero-order valence-electron chi connectivity index (χ0n) is 13.3. The summed E-state index contributed by atoms with van der Waals surface area (Å²) in [5.41, 5.74) is 2.11. The van der Waals surface area contributed by atoms with Gasteiger partial charge in [0.05, 0.1) is 0 Å². The summed E-state index contributed by atoms with van der Waals surface area (Å²) in [6, 6.07) is 22.2. The number of fused-ring (bicyclic) bond motifs is 1. The third kappa shape index (κ3) is 3.34. The van der Waals surface area contributed by atoms with E-state index < -0.39 is 0 Å². The van der Waals surface area contributed by atoms with Crippen LogP contribution < -0.4 is 5.84 Å². The fraction of sp³-hybridized carbons (Fsp3) is 0.0526. The standard InChI is InChI=1S/C19H15ClN4S/c20-17-9-7-15(8-10-17)18-22-23-19(24(18)21)25-12-13-5-6-14-3-1-2-4-16(14)11-13/h1-11H,12,21H2. The van der Waals surface area contributed by atoms with Crippen molar-refractivity contribution in [3.63, 3.8) is 0 Å². The van der Waals surface area contributed by atoms with Crippen molar-refractivity contribution in [1.29, 1.82) is 0 Å². The summed E-state index contributed by atoms with van der Waals surface area (Å²) < 4.78 is 1.52. The number of nitrogens with two attached hydrogens (primary N) is 1. The zero-order chi connectivity index (χ0) is 17.2. The van der Waals surface area contributed by atoms with E-state index in [-0.39, 0.29) is 0 Å². The van der Waals surface area contributed by atoms with Crippen molar-refractivity contribution < 1.29 is 0 Å². The lowest BCUT2D eigenvalue weighted by Crippen LogP contribution is -2.11. The second-order valence-corrected chi connectivity index (χ2v) is 7.03.